The molecule has 0 aliphatic heterocycles. The molecule has 1 heterocycles. The number of nitro groups is 1. The molecule has 0 radical (unpaired) electrons. The number of hydrazine groups is 1. The maximum atomic E-state index is 12.4. The van der Waals surface area contributed by atoms with Crippen LogP contribution in [0.15, 0.2) is 24.3 Å². The zero-order valence-electron chi connectivity index (χ0n) is 14.4. The number of hydrogen-bond donors (Lipinski definition) is 2. The summed E-state index contributed by atoms with van der Waals surface area (Å²) in [5, 5.41) is 11.2. The van der Waals surface area contributed by atoms with Gasteiger partial charge in [0.1, 0.15) is 5.56 Å². The molecule has 1 aliphatic carbocycles. The predicted octanol–water partition coefficient (Wildman–Crippen LogP) is 4.04. The third-order valence-corrected chi connectivity index (χ3v) is 5.88. The number of amides is 2. The summed E-state index contributed by atoms with van der Waals surface area (Å²) >= 11 is 7.18. The van der Waals surface area contributed by atoms with Gasteiger partial charge in [-0.15, -0.1) is 11.3 Å². The Labute approximate surface area is 164 Å². The number of halogens is 1. The lowest BCUT2D eigenvalue weighted by molar-refractivity contribution is -0.385. The molecule has 0 saturated heterocycles. The average Bonchev–Trinajstić information content (AvgIpc) is 3.01. The second kappa shape index (κ2) is 8.49. The van der Waals surface area contributed by atoms with Gasteiger partial charge in [-0.2, -0.15) is 0 Å². The van der Waals surface area contributed by atoms with Crippen LogP contribution in [0.25, 0.3) is 0 Å². The Kier molecular flexibility index (Phi) is 6.08. The van der Waals surface area contributed by atoms with Crippen LogP contribution in [0.4, 0.5) is 5.69 Å². The highest BCUT2D eigenvalue weighted by Crippen LogP contribution is 2.28. The Morgan fingerprint density at radius 3 is 2.48 bits per heavy atom. The Balaban J connectivity index is 1.68. The molecule has 0 unspecified atom stereocenters. The van der Waals surface area contributed by atoms with Crippen LogP contribution in [0, 0.1) is 10.1 Å². The number of nitrogens with zero attached hydrogens (tertiary/aromatic N) is 1. The lowest BCUT2D eigenvalue weighted by atomic mass is 10.00. The highest BCUT2D eigenvalue weighted by Gasteiger charge is 2.22. The largest absolute Gasteiger partial charge is 0.283 e. The van der Waals surface area contributed by atoms with Crippen LogP contribution in [0.5, 0.6) is 0 Å². The molecular weight excluding hydrogens is 390 g/mol. The highest BCUT2D eigenvalue weighted by molar-refractivity contribution is 7.14. The summed E-state index contributed by atoms with van der Waals surface area (Å²) in [4.78, 5) is 36.7. The van der Waals surface area contributed by atoms with E-state index in [1.54, 1.807) is 0 Å². The minimum absolute atomic E-state index is 0.151. The topological polar surface area (TPSA) is 101 Å². The monoisotopic (exact) mass is 407 g/mol. The lowest BCUT2D eigenvalue weighted by Gasteiger charge is -2.07. The van der Waals surface area contributed by atoms with E-state index in [4.69, 9.17) is 11.6 Å². The normalized spacial score (nSPS) is 13.8. The van der Waals surface area contributed by atoms with Crippen LogP contribution in [0.2, 0.25) is 5.02 Å². The van der Waals surface area contributed by atoms with Crippen molar-refractivity contribution >= 4 is 40.4 Å². The molecule has 3 rings (SSSR count). The van der Waals surface area contributed by atoms with Crippen LogP contribution in [0.3, 0.4) is 0 Å². The second-order valence-corrected chi connectivity index (χ2v) is 7.87. The zero-order chi connectivity index (χ0) is 19.4. The van der Waals surface area contributed by atoms with E-state index < -0.39 is 22.4 Å². The predicted molar refractivity (Wildman–Crippen MR) is 103 cm³/mol. The molecule has 0 fully saturated rings. The van der Waals surface area contributed by atoms with Crippen molar-refractivity contribution in [1.82, 2.24) is 10.9 Å². The van der Waals surface area contributed by atoms with Gasteiger partial charge in [0.2, 0.25) is 0 Å². The average molecular weight is 408 g/mol. The number of carbonyl (C=O) groups excluding carboxylic acids is 2. The number of carbonyl (C=O) groups is 2. The first-order valence-electron chi connectivity index (χ1n) is 8.62. The molecule has 2 aromatic rings. The van der Waals surface area contributed by atoms with E-state index in [0.717, 1.165) is 31.7 Å². The number of aryl methyl sites for hydroxylation is 2. The van der Waals surface area contributed by atoms with Crippen molar-refractivity contribution in [3.8, 4) is 0 Å². The van der Waals surface area contributed by atoms with E-state index in [9.17, 15) is 19.7 Å². The van der Waals surface area contributed by atoms with Crippen molar-refractivity contribution in [2.24, 2.45) is 0 Å². The molecular formula is C18H18ClN3O4S. The molecule has 0 spiro atoms. The molecule has 142 valence electrons. The van der Waals surface area contributed by atoms with Crippen molar-refractivity contribution in [1.29, 1.82) is 0 Å². The second-order valence-electron chi connectivity index (χ2n) is 6.30. The van der Waals surface area contributed by atoms with Gasteiger partial charge in [0.25, 0.3) is 17.5 Å². The summed E-state index contributed by atoms with van der Waals surface area (Å²) in [5.74, 6) is -1.21. The fourth-order valence-corrected chi connectivity index (χ4v) is 4.36. The van der Waals surface area contributed by atoms with Crippen LogP contribution < -0.4 is 10.9 Å². The number of nitrogens with one attached hydrogen (secondary N) is 2. The van der Waals surface area contributed by atoms with E-state index in [0.29, 0.717) is 4.88 Å². The van der Waals surface area contributed by atoms with Gasteiger partial charge in [0.15, 0.2) is 0 Å². The fraction of sp³-hybridized carbons (Fsp3) is 0.333. The van der Waals surface area contributed by atoms with Crippen molar-refractivity contribution < 1.29 is 14.5 Å². The van der Waals surface area contributed by atoms with Gasteiger partial charge >= 0.3 is 0 Å². The van der Waals surface area contributed by atoms with Crippen LogP contribution in [-0.2, 0) is 12.8 Å². The first-order valence-corrected chi connectivity index (χ1v) is 9.81. The first-order chi connectivity index (χ1) is 13.0. The molecule has 9 heteroatoms. The minimum Gasteiger partial charge on any atom is -0.267 e. The van der Waals surface area contributed by atoms with E-state index in [-0.39, 0.29) is 10.6 Å². The molecule has 2 amide bonds. The molecule has 2 N–H and O–H groups in total. The number of fused-ring (bicyclic) bond motifs is 1. The molecule has 0 bridgehead atoms. The summed E-state index contributed by atoms with van der Waals surface area (Å²) in [6, 6.07) is 5.60. The molecule has 1 aliphatic rings. The maximum absolute atomic E-state index is 12.4. The number of benzene rings is 1. The van der Waals surface area contributed by atoms with Gasteiger partial charge in [0, 0.05) is 16.0 Å². The number of thiophene rings is 1. The zero-order valence-corrected chi connectivity index (χ0v) is 16.0. The summed E-state index contributed by atoms with van der Waals surface area (Å²) in [6.45, 7) is 0. The summed E-state index contributed by atoms with van der Waals surface area (Å²) in [7, 11) is 0. The van der Waals surface area contributed by atoms with Crippen molar-refractivity contribution in [3.63, 3.8) is 0 Å². The summed E-state index contributed by atoms with van der Waals surface area (Å²) in [5.41, 5.74) is 5.17. The quantitative estimate of drug-likeness (QED) is 0.592. The van der Waals surface area contributed by atoms with Crippen molar-refractivity contribution in [2.75, 3.05) is 0 Å². The van der Waals surface area contributed by atoms with Crippen molar-refractivity contribution in [2.45, 2.75) is 38.5 Å². The Morgan fingerprint density at radius 2 is 1.74 bits per heavy atom. The molecule has 7 nitrogen and oxygen atoms in total. The third-order valence-electron chi connectivity index (χ3n) is 4.41. The minimum atomic E-state index is -0.776. The third kappa shape index (κ3) is 4.64. The molecule has 0 saturated carbocycles. The molecule has 27 heavy (non-hydrogen) atoms. The molecule has 0 atom stereocenters. The highest BCUT2D eigenvalue weighted by atomic mass is 35.5. The lowest BCUT2D eigenvalue weighted by Crippen LogP contribution is -2.41. The molecule has 1 aromatic heterocycles. The summed E-state index contributed by atoms with van der Waals surface area (Å²) in [6.07, 6.45) is 6.56. The van der Waals surface area contributed by atoms with Crippen LogP contribution in [-0.4, -0.2) is 16.7 Å². The fourth-order valence-electron chi connectivity index (χ4n) is 3.05. The van der Waals surface area contributed by atoms with E-state index in [2.05, 4.69) is 10.9 Å². The van der Waals surface area contributed by atoms with Gasteiger partial charge in [-0.25, -0.2) is 0 Å². The maximum Gasteiger partial charge on any atom is 0.283 e. The van der Waals surface area contributed by atoms with Crippen molar-refractivity contribution in [3.05, 3.63) is 60.3 Å². The SMILES string of the molecule is O=C(NNC(=O)c1ccc(Cl)cc1[N+](=O)[O-])c1cc2c(s1)CCCCCC2. The Bertz CT molecular complexity index is 871. The van der Waals surface area contributed by atoms with Gasteiger partial charge in [-0.05, 0) is 49.4 Å². The van der Waals surface area contributed by atoms with Crippen LogP contribution in [0.1, 0.15) is 56.2 Å². The summed E-state index contributed by atoms with van der Waals surface area (Å²) < 4.78 is 0. The van der Waals surface area contributed by atoms with Gasteiger partial charge in [0.05, 0.1) is 9.80 Å². The van der Waals surface area contributed by atoms with Gasteiger partial charge < -0.3 is 0 Å². The van der Waals surface area contributed by atoms with E-state index in [1.165, 1.54) is 46.8 Å². The Hall–Kier alpha value is -2.45. The number of hydrogen-bond acceptors (Lipinski definition) is 5. The van der Waals surface area contributed by atoms with E-state index in [1.807, 2.05) is 6.07 Å². The number of nitro benzene ring substituents is 1. The van der Waals surface area contributed by atoms with E-state index >= 15 is 0 Å². The standard InChI is InChI=1S/C18H18ClN3O4S/c19-12-7-8-13(14(10-12)22(25)26)17(23)20-21-18(24)16-9-11-5-3-1-2-4-6-15(11)27-16/h7-10H,1-6H2,(H,20,23)(H,21,24). The van der Waals surface area contributed by atoms with Gasteiger partial charge in [-0.3, -0.25) is 30.6 Å². The molecule has 1 aromatic carbocycles. The number of rotatable bonds is 3. The van der Waals surface area contributed by atoms with Crippen LogP contribution >= 0.6 is 22.9 Å². The smallest absolute Gasteiger partial charge is 0.267 e. The van der Waals surface area contributed by atoms with Gasteiger partial charge in [-0.1, -0.05) is 24.4 Å². The Morgan fingerprint density at radius 1 is 1.04 bits per heavy atom. The first kappa shape index (κ1) is 19.3.